The van der Waals surface area contributed by atoms with Gasteiger partial charge in [0.15, 0.2) is 0 Å². The van der Waals surface area contributed by atoms with Crippen LogP contribution in [-0.4, -0.2) is 4.92 Å². The Morgan fingerprint density at radius 2 is 2.27 bits per heavy atom. The Balaban J connectivity index is 4.47. The minimum absolute atomic E-state index is 0.223. The Morgan fingerprint density at radius 1 is 1.64 bits per heavy atom. The van der Waals surface area contributed by atoms with E-state index in [9.17, 15) is 15.0 Å². The van der Waals surface area contributed by atoms with Crippen molar-refractivity contribution in [1.29, 1.82) is 0 Å². The third-order valence-electron chi connectivity index (χ3n) is 0.806. The van der Waals surface area contributed by atoms with Crippen molar-refractivity contribution in [3.8, 4) is 0 Å². The van der Waals surface area contributed by atoms with Crippen molar-refractivity contribution in [2.45, 2.75) is 0 Å². The topological polar surface area (TPSA) is 72.6 Å². The second-order valence-electron chi connectivity index (χ2n) is 1.51. The summed E-state index contributed by atoms with van der Waals surface area (Å²) in [5.41, 5.74) is -0.223. The van der Waals surface area contributed by atoms with Crippen LogP contribution >= 0.6 is 0 Å². The Hall–Kier alpha value is -1.78. The van der Waals surface area contributed by atoms with Gasteiger partial charge in [0.2, 0.25) is 0 Å². The van der Waals surface area contributed by atoms with Gasteiger partial charge in [0.1, 0.15) is 0 Å². The van der Waals surface area contributed by atoms with Crippen LogP contribution in [0, 0.1) is 15.0 Å². The van der Waals surface area contributed by atoms with Crippen LogP contribution in [0.5, 0.6) is 0 Å². The molecule has 58 valence electrons. The molecule has 0 aliphatic carbocycles. The summed E-state index contributed by atoms with van der Waals surface area (Å²) in [7, 11) is 0. The molecule has 0 heterocycles. The van der Waals surface area contributed by atoms with Gasteiger partial charge in [-0.25, -0.2) is 0 Å². The van der Waals surface area contributed by atoms with Crippen LogP contribution in [0.15, 0.2) is 41.9 Å². The summed E-state index contributed by atoms with van der Waals surface area (Å²) in [6.45, 7) is 3.27. The van der Waals surface area contributed by atoms with Crippen LogP contribution < -0.4 is 0 Å². The van der Waals surface area contributed by atoms with Gasteiger partial charge in [-0.2, -0.15) is 0 Å². The molecular formula is C6H6N2O3. The molecule has 0 aromatic carbocycles. The molecule has 0 amide bonds. The number of nitroso groups, excluding NO2 is 1. The highest BCUT2D eigenvalue weighted by molar-refractivity contribution is 5.15. The predicted octanol–water partition coefficient (Wildman–Crippen LogP) is 1.61. The lowest BCUT2D eigenvalue weighted by Gasteiger charge is -1.85. The normalized spacial score (nSPS) is 11.5. The van der Waals surface area contributed by atoms with Crippen molar-refractivity contribution in [3.05, 3.63) is 51.7 Å². The first-order valence-electron chi connectivity index (χ1n) is 2.68. The molecule has 5 nitrogen and oxygen atoms in total. The van der Waals surface area contributed by atoms with Crippen LogP contribution in [0.3, 0.4) is 0 Å². The summed E-state index contributed by atoms with van der Waals surface area (Å²) in [5, 5.41) is 12.4. The number of allylic oxidation sites excluding steroid dienone is 3. The molecule has 0 aliphatic rings. The summed E-state index contributed by atoms with van der Waals surface area (Å²) in [6, 6.07) is 0. The largest absolute Gasteiger partial charge is 0.271 e. The molecule has 0 fully saturated rings. The summed E-state index contributed by atoms with van der Waals surface area (Å²) in [6.07, 6.45) is 4.22. The van der Waals surface area contributed by atoms with Crippen molar-refractivity contribution in [3.63, 3.8) is 0 Å². The molecule has 0 unspecified atom stereocenters. The van der Waals surface area contributed by atoms with E-state index in [4.69, 9.17) is 0 Å². The lowest BCUT2D eigenvalue weighted by molar-refractivity contribution is -0.419. The number of rotatable bonds is 4. The van der Waals surface area contributed by atoms with Gasteiger partial charge in [0.25, 0.3) is 5.70 Å². The molecule has 0 aromatic heterocycles. The van der Waals surface area contributed by atoms with Gasteiger partial charge in [0, 0.05) is 12.2 Å². The minimum Gasteiger partial charge on any atom is -0.258 e. The number of hydrogen-bond acceptors (Lipinski definition) is 4. The smallest absolute Gasteiger partial charge is 0.258 e. The molecule has 5 heteroatoms. The highest BCUT2D eigenvalue weighted by Gasteiger charge is 2.02. The molecule has 0 atom stereocenters. The Morgan fingerprint density at radius 3 is 2.64 bits per heavy atom. The van der Waals surface area contributed by atoms with Crippen molar-refractivity contribution in [2.24, 2.45) is 5.18 Å². The maximum absolute atomic E-state index is 10.1. The molecule has 0 bridgehead atoms. The van der Waals surface area contributed by atoms with E-state index < -0.39 is 4.92 Å². The van der Waals surface area contributed by atoms with Gasteiger partial charge in [0.05, 0.1) is 11.1 Å². The summed E-state index contributed by atoms with van der Waals surface area (Å²) in [5.74, 6) is 0. The molecule has 0 saturated carbocycles. The van der Waals surface area contributed by atoms with Gasteiger partial charge < -0.3 is 0 Å². The zero-order chi connectivity index (χ0) is 8.69. The quantitative estimate of drug-likeness (QED) is 0.267. The van der Waals surface area contributed by atoms with E-state index >= 15 is 0 Å². The van der Waals surface area contributed by atoms with E-state index in [1.807, 2.05) is 0 Å². The van der Waals surface area contributed by atoms with Gasteiger partial charge in [-0.05, 0) is 5.18 Å². The Bertz CT molecular complexity index is 230. The van der Waals surface area contributed by atoms with Crippen molar-refractivity contribution in [2.75, 3.05) is 0 Å². The first kappa shape index (κ1) is 9.22. The van der Waals surface area contributed by atoms with E-state index in [1.165, 1.54) is 12.2 Å². The zero-order valence-electron chi connectivity index (χ0n) is 5.64. The highest BCUT2D eigenvalue weighted by Crippen LogP contribution is 1.97. The lowest BCUT2D eigenvalue weighted by atomic mass is 10.4. The predicted molar refractivity (Wildman–Crippen MR) is 40.2 cm³/mol. The molecule has 0 aliphatic heterocycles. The first-order chi connectivity index (χ1) is 5.22. The van der Waals surface area contributed by atoms with Crippen LogP contribution in [0.4, 0.5) is 0 Å². The fraction of sp³-hybridized carbons (Fsp3) is 0. The maximum atomic E-state index is 10.1. The molecule has 0 N–H and O–H groups in total. The highest BCUT2D eigenvalue weighted by atomic mass is 16.6. The van der Waals surface area contributed by atoms with Gasteiger partial charge in [-0.1, -0.05) is 12.7 Å². The molecule has 0 saturated heterocycles. The maximum Gasteiger partial charge on any atom is 0.271 e. The van der Waals surface area contributed by atoms with E-state index in [2.05, 4.69) is 11.8 Å². The van der Waals surface area contributed by atoms with Crippen molar-refractivity contribution < 1.29 is 4.92 Å². The number of nitrogens with zero attached hydrogens (tertiary/aromatic N) is 2. The molecule has 0 radical (unpaired) electrons. The molecule has 0 spiro atoms. The van der Waals surface area contributed by atoms with Crippen LogP contribution in [0.25, 0.3) is 0 Å². The second-order valence-corrected chi connectivity index (χ2v) is 1.51. The van der Waals surface area contributed by atoms with Crippen LogP contribution in [0.2, 0.25) is 0 Å². The van der Waals surface area contributed by atoms with Crippen molar-refractivity contribution in [1.82, 2.24) is 0 Å². The monoisotopic (exact) mass is 154 g/mol. The fourth-order valence-electron chi connectivity index (χ4n) is 0.405. The van der Waals surface area contributed by atoms with Crippen LogP contribution in [0.1, 0.15) is 0 Å². The summed E-state index contributed by atoms with van der Waals surface area (Å²) < 4.78 is 0. The number of hydrogen-bond donors (Lipinski definition) is 0. The SMILES string of the molecule is C=C/C=C(\C=C/N=O)[N+](=O)[O-]. The molecule has 0 aromatic rings. The first-order valence-corrected chi connectivity index (χ1v) is 2.68. The van der Waals surface area contributed by atoms with Crippen molar-refractivity contribution >= 4 is 0 Å². The summed E-state index contributed by atoms with van der Waals surface area (Å²) in [4.78, 5) is 19.0. The van der Waals surface area contributed by atoms with E-state index in [0.29, 0.717) is 0 Å². The van der Waals surface area contributed by atoms with E-state index in [1.54, 1.807) is 0 Å². The standard InChI is InChI=1S/C6H6N2O3/c1-2-3-6(8(10)11)4-5-7-9/h2-5H,1H2/b5-4-,6-3+. The van der Waals surface area contributed by atoms with Gasteiger partial charge in [-0.3, -0.25) is 10.1 Å². The molecule has 0 rings (SSSR count). The van der Waals surface area contributed by atoms with E-state index in [0.717, 1.165) is 12.3 Å². The zero-order valence-corrected chi connectivity index (χ0v) is 5.64. The lowest BCUT2D eigenvalue weighted by Crippen LogP contribution is -1.93. The number of nitro groups is 1. The van der Waals surface area contributed by atoms with E-state index in [-0.39, 0.29) is 5.70 Å². The Kier molecular flexibility index (Phi) is 4.22. The van der Waals surface area contributed by atoms with Gasteiger partial charge >= 0.3 is 0 Å². The third-order valence-corrected chi connectivity index (χ3v) is 0.806. The van der Waals surface area contributed by atoms with Crippen LogP contribution in [-0.2, 0) is 0 Å². The molecular weight excluding hydrogens is 148 g/mol. The minimum atomic E-state index is -0.636. The summed E-state index contributed by atoms with van der Waals surface area (Å²) >= 11 is 0. The molecule has 11 heavy (non-hydrogen) atoms. The Labute approximate surface area is 62.8 Å². The average molecular weight is 154 g/mol. The fourth-order valence-corrected chi connectivity index (χ4v) is 0.405. The third kappa shape index (κ3) is 3.74. The second kappa shape index (κ2) is 5.04. The van der Waals surface area contributed by atoms with Gasteiger partial charge in [-0.15, -0.1) is 4.91 Å². The average Bonchev–Trinajstić information content (AvgIpc) is 1.97.